The first-order chi connectivity index (χ1) is 15.1. The van der Waals surface area contributed by atoms with E-state index in [1.54, 1.807) is 54.7 Å². The van der Waals surface area contributed by atoms with E-state index < -0.39 is 22.8 Å². The van der Waals surface area contributed by atoms with E-state index in [0.717, 1.165) is 12.1 Å². The monoisotopic (exact) mass is 413 g/mol. The number of rotatable bonds is 2. The summed E-state index contributed by atoms with van der Waals surface area (Å²) in [6, 6.07) is 17.2. The van der Waals surface area contributed by atoms with Gasteiger partial charge in [-0.2, -0.15) is 5.26 Å². The van der Waals surface area contributed by atoms with Gasteiger partial charge in [0.15, 0.2) is 0 Å². The Balaban J connectivity index is 1.94. The van der Waals surface area contributed by atoms with Crippen LogP contribution in [-0.2, 0) is 6.61 Å². The van der Waals surface area contributed by atoms with Gasteiger partial charge in [0.05, 0.1) is 16.8 Å². The maximum absolute atomic E-state index is 14.8. The lowest BCUT2D eigenvalue weighted by Gasteiger charge is -2.24. The van der Waals surface area contributed by atoms with Crippen LogP contribution in [0.15, 0.2) is 71.7 Å². The number of para-hydroxylation sites is 1. The molecule has 0 amide bonds. The van der Waals surface area contributed by atoms with E-state index in [-0.39, 0.29) is 17.7 Å². The molecule has 0 spiro atoms. The molecule has 3 heterocycles. The predicted octanol–water partition coefficient (Wildman–Crippen LogP) is 4.61. The van der Waals surface area contributed by atoms with Crippen molar-refractivity contribution in [3.05, 3.63) is 100 Å². The van der Waals surface area contributed by atoms with Crippen molar-refractivity contribution in [2.45, 2.75) is 6.61 Å². The molecule has 0 unspecified atom stereocenters. The summed E-state index contributed by atoms with van der Waals surface area (Å²) in [5, 5.41) is 9.46. The van der Waals surface area contributed by atoms with E-state index in [2.05, 4.69) is 4.98 Å². The molecule has 0 atom stereocenters. The predicted molar refractivity (Wildman–Crippen MR) is 110 cm³/mol. The van der Waals surface area contributed by atoms with Crippen molar-refractivity contribution >= 4 is 0 Å². The fourth-order valence-corrected chi connectivity index (χ4v) is 3.81. The maximum atomic E-state index is 14.8. The van der Waals surface area contributed by atoms with Crippen LogP contribution in [0.3, 0.4) is 0 Å². The summed E-state index contributed by atoms with van der Waals surface area (Å²) in [4.78, 5) is 17.9. The highest BCUT2D eigenvalue weighted by molar-refractivity contribution is 5.79. The average molecular weight is 413 g/mol. The van der Waals surface area contributed by atoms with Gasteiger partial charge >= 0.3 is 0 Å². The minimum atomic E-state index is -0.899. The number of fused-ring (bicyclic) bond motifs is 3. The molecule has 4 aromatic rings. The van der Waals surface area contributed by atoms with Gasteiger partial charge in [0.1, 0.15) is 35.8 Å². The van der Waals surface area contributed by atoms with Crippen LogP contribution in [0.2, 0.25) is 0 Å². The second-order valence-electron chi connectivity index (χ2n) is 6.92. The number of nitrogens with zero attached hydrogens (tertiary/aromatic N) is 3. The van der Waals surface area contributed by atoms with Crippen molar-refractivity contribution < 1.29 is 13.5 Å². The van der Waals surface area contributed by atoms with Crippen LogP contribution in [0.5, 0.6) is 5.75 Å². The van der Waals surface area contributed by atoms with Crippen LogP contribution >= 0.6 is 0 Å². The number of benzene rings is 2. The maximum Gasteiger partial charge on any atom is 0.263 e. The first-order valence-corrected chi connectivity index (χ1v) is 9.41. The third kappa shape index (κ3) is 2.89. The van der Waals surface area contributed by atoms with Crippen LogP contribution in [0.4, 0.5) is 8.78 Å². The number of ether oxygens (including phenoxy) is 1. The zero-order valence-corrected chi connectivity index (χ0v) is 16.0. The van der Waals surface area contributed by atoms with Gasteiger partial charge in [0.25, 0.3) is 5.56 Å². The Morgan fingerprint density at radius 3 is 2.55 bits per heavy atom. The third-order valence-corrected chi connectivity index (χ3v) is 5.19. The van der Waals surface area contributed by atoms with Gasteiger partial charge in [0, 0.05) is 23.0 Å². The molecule has 1 aliphatic heterocycles. The van der Waals surface area contributed by atoms with Crippen LogP contribution in [0, 0.1) is 23.0 Å². The zero-order chi connectivity index (χ0) is 21.5. The standard InChI is InChI=1S/C24H13F2N3O2/c25-18-8-9-19(26)22(17(18)12-27)16-11-15-20(13-31-21-7-4-10-28-23(15)21)29(24(16)30)14-5-2-1-3-6-14/h1-11H,13H2. The van der Waals surface area contributed by atoms with Gasteiger partial charge in [-0.1, -0.05) is 18.2 Å². The van der Waals surface area contributed by atoms with Crippen LogP contribution in [-0.4, -0.2) is 9.55 Å². The fraction of sp³-hybridized carbons (Fsp3) is 0.0417. The van der Waals surface area contributed by atoms with Crippen molar-refractivity contribution in [1.82, 2.24) is 9.55 Å². The normalized spacial score (nSPS) is 11.8. The Bertz CT molecular complexity index is 1440. The zero-order valence-electron chi connectivity index (χ0n) is 16.0. The Hall–Kier alpha value is -4.31. The molecule has 0 fully saturated rings. The molecule has 150 valence electrons. The minimum absolute atomic E-state index is 0.0924. The Morgan fingerprint density at radius 1 is 1.00 bits per heavy atom. The van der Waals surface area contributed by atoms with Gasteiger partial charge in [0.2, 0.25) is 0 Å². The molecule has 2 aromatic heterocycles. The van der Waals surface area contributed by atoms with Gasteiger partial charge in [-0.05, 0) is 42.5 Å². The summed E-state index contributed by atoms with van der Waals surface area (Å²) in [7, 11) is 0. The Kier molecular flexibility index (Phi) is 4.33. The number of nitriles is 1. The first-order valence-electron chi connectivity index (χ1n) is 9.41. The molecule has 5 nitrogen and oxygen atoms in total. The van der Waals surface area contributed by atoms with Crippen LogP contribution in [0.25, 0.3) is 28.1 Å². The van der Waals surface area contributed by atoms with Gasteiger partial charge in [-0.25, -0.2) is 8.78 Å². The largest absolute Gasteiger partial charge is 0.485 e. The molecule has 7 heteroatoms. The summed E-state index contributed by atoms with van der Waals surface area (Å²) in [5.41, 5.74) is 0.473. The first kappa shape index (κ1) is 18.7. The summed E-state index contributed by atoms with van der Waals surface area (Å²) < 4.78 is 36.3. The number of pyridine rings is 2. The molecule has 0 aliphatic carbocycles. The van der Waals surface area contributed by atoms with E-state index in [9.17, 15) is 18.8 Å². The molecular weight excluding hydrogens is 400 g/mol. The topological polar surface area (TPSA) is 67.9 Å². The lowest BCUT2D eigenvalue weighted by molar-refractivity contribution is 0.292. The summed E-state index contributed by atoms with van der Waals surface area (Å²) in [6.07, 6.45) is 1.58. The van der Waals surface area contributed by atoms with E-state index in [1.165, 1.54) is 10.6 Å². The van der Waals surface area contributed by atoms with Gasteiger partial charge in [-0.3, -0.25) is 14.3 Å². The Labute approximate surface area is 175 Å². The van der Waals surface area contributed by atoms with Crippen molar-refractivity contribution in [3.63, 3.8) is 0 Å². The SMILES string of the molecule is N#Cc1c(F)ccc(F)c1-c1cc2c(n(-c3ccccc3)c1=O)COc1cccnc1-2. The summed E-state index contributed by atoms with van der Waals surface area (Å²) in [6.45, 7) is 0.0924. The molecular formula is C24H13F2N3O2. The lowest BCUT2D eigenvalue weighted by Crippen LogP contribution is -2.27. The molecule has 5 rings (SSSR count). The van der Waals surface area contributed by atoms with Crippen LogP contribution < -0.4 is 10.3 Å². The van der Waals surface area contributed by atoms with E-state index in [1.807, 2.05) is 0 Å². The number of halogens is 2. The minimum Gasteiger partial charge on any atom is -0.485 e. The molecule has 0 radical (unpaired) electrons. The molecule has 0 bridgehead atoms. The highest BCUT2D eigenvalue weighted by Crippen LogP contribution is 2.38. The van der Waals surface area contributed by atoms with Gasteiger partial charge in [-0.15, -0.1) is 0 Å². The summed E-state index contributed by atoms with van der Waals surface area (Å²) >= 11 is 0. The highest BCUT2D eigenvalue weighted by Gasteiger charge is 2.27. The highest BCUT2D eigenvalue weighted by atomic mass is 19.1. The number of hydrogen-bond donors (Lipinski definition) is 0. The molecule has 1 aliphatic rings. The molecule has 0 saturated heterocycles. The molecule has 0 N–H and O–H groups in total. The van der Waals surface area contributed by atoms with Crippen LogP contribution in [0.1, 0.15) is 11.3 Å². The van der Waals surface area contributed by atoms with Crippen molar-refractivity contribution in [3.8, 4) is 39.9 Å². The summed E-state index contributed by atoms with van der Waals surface area (Å²) in [5.74, 6) is -1.24. The molecule has 31 heavy (non-hydrogen) atoms. The quantitative estimate of drug-likeness (QED) is 0.481. The second kappa shape index (κ2) is 7.18. The number of hydrogen-bond acceptors (Lipinski definition) is 4. The fourth-order valence-electron chi connectivity index (χ4n) is 3.81. The average Bonchev–Trinajstić information content (AvgIpc) is 2.80. The molecule has 0 saturated carbocycles. The van der Waals surface area contributed by atoms with E-state index in [0.29, 0.717) is 28.4 Å². The lowest BCUT2D eigenvalue weighted by atomic mass is 9.95. The van der Waals surface area contributed by atoms with E-state index in [4.69, 9.17) is 4.74 Å². The van der Waals surface area contributed by atoms with Crippen molar-refractivity contribution in [2.24, 2.45) is 0 Å². The second-order valence-corrected chi connectivity index (χ2v) is 6.92. The van der Waals surface area contributed by atoms with E-state index >= 15 is 0 Å². The van der Waals surface area contributed by atoms with Crippen molar-refractivity contribution in [1.29, 1.82) is 5.26 Å². The smallest absolute Gasteiger partial charge is 0.263 e. The Morgan fingerprint density at radius 2 is 1.77 bits per heavy atom. The number of aromatic nitrogens is 2. The molecule has 2 aromatic carbocycles. The van der Waals surface area contributed by atoms with Crippen molar-refractivity contribution in [2.75, 3.05) is 0 Å². The third-order valence-electron chi connectivity index (χ3n) is 5.19. The van der Waals surface area contributed by atoms with Gasteiger partial charge < -0.3 is 4.74 Å².